The maximum atomic E-state index is 14.2. The van der Waals surface area contributed by atoms with Crippen LogP contribution in [0, 0.1) is 17.5 Å². The van der Waals surface area contributed by atoms with Crippen LogP contribution in [0.25, 0.3) is 16.6 Å². The molecule has 1 aromatic heterocycles. The van der Waals surface area contributed by atoms with E-state index in [1.165, 1.54) is 10.6 Å². The van der Waals surface area contributed by atoms with E-state index in [0.29, 0.717) is 6.07 Å². The average molecular weight is 456 g/mol. The topological polar surface area (TPSA) is 68.5 Å². The predicted molar refractivity (Wildman–Crippen MR) is 99.0 cm³/mol. The molecule has 0 spiro atoms. The smallest absolute Gasteiger partial charge is 0.343 e. The number of aromatic nitrogens is 1. The summed E-state index contributed by atoms with van der Waals surface area (Å²) in [4.78, 5) is 24.9. The first kappa shape index (κ1) is 20.1. The third-order valence-corrected chi connectivity index (χ3v) is 4.82. The van der Waals surface area contributed by atoms with E-state index in [-0.39, 0.29) is 33.2 Å². The van der Waals surface area contributed by atoms with Crippen LogP contribution in [0.4, 0.5) is 13.2 Å². The van der Waals surface area contributed by atoms with Gasteiger partial charge in [0.25, 0.3) is 0 Å². The molecule has 146 valence electrons. The summed E-state index contributed by atoms with van der Waals surface area (Å²) in [6, 6.07) is 4.11. The van der Waals surface area contributed by atoms with Gasteiger partial charge in [0.2, 0.25) is 5.43 Å². The van der Waals surface area contributed by atoms with Crippen LogP contribution in [-0.2, 0) is 11.3 Å². The Labute approximate surface area is 165 Å². The second-order valence-electron chi connectivity index (χ2n) is 5.78. The number of aliphatic hydroxyl groups is 1. The molecule has 9 heteroatoms. The van der Waals surface area contributed by atoms with Crippen molar-refractivity contribution in [1.29, 1.82) is 0 Å². The summed E-state index contributed by atoms with van der Waals surface area (Å²) >= 11 is 2.94. The van der Waals surface area contributed by atoms with Crippen molar-refractivity contribution in [3.8, 4) is 5.69 Å². The standard InChI is InChI=1S/C19H13BrF3NO4/c1-2-28-19(27)12-7-24(14-4-3-10(21)5-9(14)8-25)17-11(18(12)26)6-13(22)16(23)15(17)20/h3-7,25H,2,8H2,1H3. The molecule has 0 radical (unpaired) electrons. The second-order valence-corrected chi connectivity index (χ2v) is 6.57. The number of carbonyl (C=O) groups excluding carboxylic acids is 1. The summed E-state index contributed by atoms with van der Waals surface area (Å²) in [6.45, 7) is 0.972. The zero-order valence-corrected chi connectivity index (χ0v) is 16.0. The SMILES string of the molecule is CCOC(=O)c1cn(-c2ccc(F)cc2CO)c2c(Br)c(F)c(F)cc2c1=O. The van der Waals surface area contributed by atoms with Crippen molar-refractivity contribution in [2.24, 2.45) is 0 Å². The number of ether oxygens (including phenoxy) is 1. The van der Waals surface area contributed by atoms with Gasteiger partial charge >= 0.3 is 5.97 Å². The summed E-state index contributed by atoms with van der Waals surface area (Å²) in [5, 5.41) is 9.29. The Hall–Kier alpha value is -2.65. The van der Waals surface area contributed by atoms with Crippen LogP contribution >= 0.6 is 15.9 Å². The molecule has 28 heavy (non-hydrogen) atoms. The van der Waals surface area contributed by atoms with Gasteiger partial charge in [0, 0.05) is 11.8 Å². The average Bonchev–Trinajstić information content (AvgIpc) is 2.67. The molecule has 5 nitrogen and oxygen atoms in total. The van der Waals surface area contributed by atoms with Gasteiger partial charge in [-0.15, -0.1) is 0 Å². The monoisotopic (exact) mass is 455 g/mol. The maximum Gasteiger partial charge on any atom is 0.343 e. The van der Waals surface area contributed by atoms with Crippen LogP contribution in [0.3, 0.4) is 0 Å². The molecule has 1 heterocycles. The van der Waals surface area contributed by atoms with Gasteiger partial charge in [-0.3, -0.25) is 4.79 Å². The number of hydrogen-bond donors (Lipinski definition) is 1. The number of carbonyl (C=O) groups is 1. The van der Waals surface area contributed by atoms with Crippen molar-refractivity contribution < 1.29 is 27.8 Å². The normalized spacial score (nSPS) is 11.1. The zero-order chi connectivity index (χ0) is 20.6. The molecule has 0 aliphatic carbocycles. The maximum absolute atomic E-state index is 14.2. The van der Waals surface area contributed by atoms with E-state index in [0.717, 1.165) is 18.3 Å². The summed E-state index contributed by atoms with van der Waals surface area (Å²) in [5.41, 5.74) is -1.07. The molecule has 0 fully saturated rings. The Kier molecular flexibility index (Phi) is 5.57. The molecule has 2 aromatic carbocycles. The highest BCUT2D eigenvalue weighted by molar-refractivity contribution is 9.10. The lowest BCUT2D eigenvalue weighted by molar-refractivity contribution is 0.0524. The molecule has 3 rings (SSSR count). The Morgan fingerprint density at radius 2 is 1.96 bits per heavy atom. The lowest BCUT2D eigenvalue weighted by Crippen LogP contribution is -2.21. The number of esters is 1. The van der Waals surface area contributed by atoms with Crippen molar-refractivity contribution in [3.63, 3.8) is 0 Å². The summed E-state index contributed by atoms with van der Waals surface area (Å²) in [6.07, 6.45) is 1.09. The highest BCUT2D eigenvalue weighted by Crippen LogP contribution is 2.31. The van der Waals surface area contributed by atoms with E-state index in [1.807, 2.05) is 0 Å². The fourth-order valence-corrected chi connectivity index (χ4v) is 3.45. The molecule has 0 bridgehead atoms. The zero-order valence-electron chi connectivity index (χ0n) is 14.4. The lowest BCUT2D eigenvalue weighted by atomic mass is 10.1. The van der Waals surface area contributed by atoms with Crippen LogP contribution in [0.5, 0.6) is 0 Å². The van der Waals surface area contributed by atoms with E-state index >= 15 is 0 Å². The van der Waals surface area contributed by atoms with Crippen LogP contribution in [0.2, 0.25) is 0 Å². The molecule has 1 N–H and O–H groups in total. The van der Waals surface area contributed by atoms with Crippen LogP contribution in [0.15, 0.2) is 39.7 Å². The summed E-state index contributed by atoms with van der Waals surface area (Å²) < 4.78 is 47.4. The van der Waals surface area contributed by atoms with E-state index in [4.69, 9.17) is 4.74 Å². The van der Waals surface area contributed by atoms with Gasteiger partial charge in [0.1, 0.15) is 11.4 Å². The first-order valence-electron chi connectivity index (χ1n) is 8.09. The van der Waals surface area contributed by atoms with E-state index < -0.39 is 41.0 Å². The lowest BCUT2D eigenvalue weighted by Gasteiger charge is -2.17. The molecule has 3 aromatic rings. The first-order valence-corrected chi connectivity index (χ1v) is 8.89. The minimum atomic E-state index is -1.29. The highest BCUT2D eigenvalue weighted by Gasteiger charge is 2.23. The minimum Gasteiger partial charge on any atom is -0.462 e. The molecule has 0 unspecified atom stereocenters. The number of aliphatic hydroxyl groups excluding tert-OH is 1. The molecular formula is C19H13BrF3NO4. The Morgan fingerprint density at radius 1 is 1.25 bits per heavy atom. The number of halogens is 4. The molecule has 0 aliphatic rings. The quantitative estimate of drug-likeness (QED) is 0.479. The summed E-state index contributed by atoms with van der Waals surface area (Å²) in [5.74, 6) is -4.10. The van der Waals surface area contributed by atoms with Crippen molar-refractivity contribution in [3.05, 3.63) is 73.7 Å². The number of hydrogen-bond acceptors (Lipinski definition) is 4. The van der Waals surface area contributed by atoms with Gasteiger partial charge in [-0.1, -0.05) is 0 Å². The number of benzene rings is 2. The fraction of sp³-hybridized carbons (Fsp3) is 0.158. The number of nitrogens with zero attached hydrogens (tertiary/aromatic N) is 1. The minimum absolute atomic E-state index is 0.00375. The number of fused-ring (bicyclic) bond motifs is 1. The fourth-order valence-electron chi connectivity index (χ4n) is 2.85. The van der Waals surface area contributed by atoms with E-state index in [9.17, 15) is 27.9 Å². The number of rotatable bonds is 4. The van der Waals surface area contributed by atoms with Crippen molar-refractivity contribution in [2.75, 3.05) is 6.61 Å². The van der Waals surface area contributed by atoms with Gasteiger partial charge in [-0.2, -0.15) is 0 Å². The molecule has 0 aliphatic heterocycles. The third kappa shape index (κ3) is 3.31. The van der Waals surface area contributed by atoms with Crippen LogP contribution in [0.1, 0.15) is 22.8 Å². The van der Waals surface area contributed by atoms with Crippen LogP contribution < -0.4 is 5.43 Å². The third-order valence-electron chi connectivity index (χ3n) is 4.09. The molecule has 0 atom stereocenters. The largest absolute Gasteiger partial charge is 0.462 e. The first-order chi connectivity index (χ1) is 13.3. The van der Waals surface area contributed by atoms with Crippen LogP contribution in [-0.4, -0.2) is 22.2 Å². The molecular weight excluding hydrogens is 443 g/mol. The predicted octanol–water partition coefficient (Wildman–Crippen LogP) is 3.84. The number of pyridine rings is 1. The second kappa shape index (κ2) is 7.76. The van der Waals surface area contributed by atoms with Crippen molar-refractivity contribution in [1.82, 2.24) is 4.57 Å². The highest BCUT2D eigenvalue weighted by atomic mass is 79.9. The van der Waals surface area contributed by atoms with Crippen molar-refractivity contribution in [2.45, 2.75) is 13.5 Å². The van der Waals surface area contributed by atoms with E-state index in [2.05, 4.69) is 15.9 Å². The van der Waals surface area contributed by atoms with Gasteiger partial charge in [0.15, 0.2) is 11.6 Å². The van der Waals surface area contributed by atoms with Gasteiger partial charge in [-0.25, -0.2) is 18.0 Å². The molecule has 0 amide bonds. The van der Waals surface area contributed by atoms with E-state index in [1.54, 1.807) is 6.92 Å². The Morgan fingerprint density at radius 3 is 2.61 bits per heavy atom. The Balaban J connectivity index is 2.51. The summed E-state index contributed by atoms with van der Waals surface area (Å²) in [7, 11) is 0. The van der Waals surface area contributed by atoms with Crippen molar-refractivity contribution >= 4 is 32.8 Å². The van der Waals surface area contributed by atoms with Gasteiger partial charge in [0.05, 0.1) is 34.3 Å². The molecule has 0 saturated heterocycles. The molecule has 0 saturated carbocycles. The Bertz CT molecular complexity index is 1160. The van der Waals surface area contributed by atoms with Gasteiger partial charge < -0.3 is 14.4 Å². The van der Waals surface area contributed by atoms with Gasteiger partial charge in [-0.05, 0) is 47.1 Å².